The van der Waals surface area contributed by atoms with Crippen LogP contribution in [0.2, 0.25) is 0 Å². The highest BCUT2D eigenvalue weighted by Gasteiger charge is 2.28. The summed E-state index contributed by atoms with van der Waals surface area (Å²) in [5.41, 5.74) is 2.50. The first-order valence-electron chi connectivity index (χ1n) is 6.37. The van der Waals surface area contributed by atoms with Crippen LogP contribution < -0.4 is 4.90 Å². The van der Waals surface area contributed by atoms with Crippen LogP contribution in [0.5, 0.6) is 0 Å². The van der Waals surface area contributed by atoms with Crippen molar-refractivity contribution in [2.24, 2.45) is 5.92 Å². The van der Waals surface area contributed by atoms with E-state index in [1.807, 2.05) is 23.1 Å². The average Bonchev–Trinajstić information content (AvgIpc) is 2.69. The van der Waals surface area contributed by atoms with Gasteiger partial charge < -0.3 is 4.90 Å². The highest BCUT2D eigenvalue weighted by atomic mass is 15.3. The number of nitrogens with zero attached hydrogens (tertiary/aromatic N) is 4. The molecule has 0 atom stereocenters. The Balaban J connectivity index is 1.57. The van der Waals surface area contributed by atoms with E-state index in [1.54, 1.807) is 0 Å². The standard InChI is InChI=1S/C14H18N4/c1-11-3-4-15-14(5-11)17-8-13(9-17)10-18-7-12(2)6-16-18/h3-7,13H,8-10H2,1-2H3. The minimum Gasteiger partial charge on any atom is -0.356 e. The lowest BCUT2D eigenvalue weighted by Gasteiger charge is -2.40. The van der Waals surface area contributed by atoms with Gasteiger partial charge in [-0.05, 0) is 37.1 Å². The van der Waals surface area contributed by atoms with E-state index in [-0.39, 0.29) is 0 Å². The number of hydrogen-bond acceptors (Lipinski definition) is 3. The van der Waals surface area contributed by atoms with Crippen LogP contribution in [0, 0.1) is 19.8 Å². The molecule has 0 saturated carbocycles. The fraction of sp³-hybridized carbons (Fsp3) is 0.429. The Hall–Kier alpha value is -1.84. The molecule has 0 radical (unpaired) electrons. The summed E-state index contributed by atoms with van der Waals surface area (Å²) in [6.45, 7) is 7.35. The number of rotatable bonds is 3. The van der Waals surface area contributed by atoms with Crippen molar-refractivity contribution in [1.82, 2.24) is 14.8 Å². The minimum atomic E-state index is 0.687. The van der Waals surface area contributed by atoms with Gasteiger partial charge in [0.15, 0.2) is 0 Å². The van der Waals surface area contributed by atoms with E-state index >= 15 is 0 Å². The van der Waals surface area contributed by atoms with E-state index < -0.39 is 0 Å². The second kappa shape index (κ2) is 4.44. The van der Waals surface area contributed by atoms with E-state index in [0.29, 0.717) is 5.92 Å². The van der Waals surface area contributed by atoms with Gasteiger partial charge in [0.25, 0.3) is 0 Å². The smallest absolute Gasteiger partial charge is 0.128 e. The molecule has 0 aliphatic carbocycles. The molecule has 3 heterocycles. The van der Waals surface area contributed by atoms with Crippen LogP contribution >= 0.6 is 0 Å². The van der Waals surface area contributed by atoms with Gasteiger partial charge in [-0.1, -0.05) is 0 Å². The number of aryl methyl sites for hydroxylation is 2. The molecule has 2 aromatic rings. The van der Waals surface area contributed by atoms with Gasteiger partial charge in [-0.2, -0.15) is 5.10 Å². The van der Waals surface area contributed by atoms with Crippen molar-refractivity contribution < 1.29 is 0 Å². The van der Waals surface area contributed by atoms with Gasteiger partial charge in [0.2, 0.25) is 0 Å². The van der Waals surface area contributed by atoms with Crippen LogP contribution in [0.25, 0.3) is 0 Å². The van der Waals surface area contributed by atoms with Crippen LogP contribution in [0.4, 0.5) is 5.82 Å². The summed E-state index contributed by atoms with van der Waals surface area (Å²) in [6, 6.07) is 4.18. The van der Waals surface area contributed by atoms with Crippen molar-refractivity contribution in [3.05, 3.63) is 41.9 Å². The molecule has 18 heavy (non-hydrogen) atoms. The van der Waals surface area contributed by atoms with Gasteiger partial charge in [-0.3, -0.25) is 4.68 Å². The second-order valence-electron chi connectivity index (χ2n) is 5.20. The Morgan fingerprint density at radius 2 is 2.11 bits per heavy atom. The van der Waals surface area contributed by atoms with E-state index in [1.165, 1.54) is 11.1 Å². The Bertz CT molecular complexity index is 540. The SMILES string of the molecule is Cc1ccnc(N2CC(Cn3cc(C)cn3)C2)c1. The van der Waals surface area contributed by atoms with Gasteiger partial charge in [0.1, 0.15) is 5.82 Å². The molecule has 0 N–H and O–H groups in total. The predicted molar refractivity (Wildman–Crippen MR) is 71.6 cm³/mol. The maximum absolute atomic E-state index is 4.41. The zero-order valence-corrected chi connectivity index (χ0v) is 10.9. The predicted octanol–water partition coefficient (Wildman–Crippen LogP) is 2.03. The Kier molecular flexibility index (Phi) is 2.78. The highest BCUT2D eigenvalue weighted by molar-refractivity contribution is 5.43. The van der Waals surface area contributed by atoms with Gasteiger partial charge in [-0.15, -0.1) is 0 Å². The highest BCUT2D eigenvalue weighted by Crippen LogP contribution is 2.24. The van der Waals surface area contributed by atoms with Crippen LogP contribution in [-0.2, 0) is 6.54 Å². The number of anilines is 1. The third-order valence-electron chi connectivity index (χ3n) is 3.39. The van der Waals surface area contributed by atoms with E-state index in [2.05, 4.69) is 41.1 Å². The maximum atomic E-state index is 4.41. The average molecular weight is 242 g/mol. The monoisotopic (exact) mass is 242 g/mol. The Morgan fingerprint density at radius 1 is 1.28 bits per heavy atom. The molecular formula is C14H18N4. The van der Waals surface area contributed by atoms with E-state index in [0.717, 1.165) is 25.5 Å². The second-order valence-corrected chi connectivity index (χ2v) is 5.20. The van der Waals surface area contributed by atoms with Crippen LogP contribution in [0.3, 0.4) is 0 Å². The number of hydrogen-bond donors (Lipinski definition) is 0. The van der Waals surface area contributed by atoms with Gasteiger partial charge in [0, 0.05) is 37.9 Å². The number of pyridine rings is 1. The van der Waals surface area contributed by atoms with Crippen LogP contribution in [0.15, 0.2) is 30.7 Å². The molecule has 94 valence electrons. The number of aromatic nitrogens is 3. The van der Waals surface area contributed by atoms with Gasteiger partial charge >= 0.3 is 0 Å². The van der Waals surface area contributed by atoms with Crippen molar-refractivity contribution in [3.63, 3.8) is 0 Å². The molecular weight excluding hydrogens is 224 g/mol. The molecule has 0 unspecified atom stereocenters. The minimum absolute atomic E-state index is 0.687. The first kappa shape index (κ1) is 11.3. The third-order valence-corrected chi connectivity index (χ3v) is 3.39. The summed E-state index contributed by atoms with van der Waals surface area (Å²) in [5, 5.41) is 4.33. The maximum Gasteiger partial charge on any atom is 0.128 e. The van der Waals surface area contributed by atoms with Crippen molar-refractivity contribution in [1.29, 1.82) is 0 Å². The van der Waals surface area contributed by atoms with E-state index in [4.69, 9.17) is 0 Å². The topological polar surface area (TPSA) is 34.0 Å². The normalized spacial score (nSPS) is 15.8. The first-order valence-corrected chi connectivity index (χ1v) is 6.37. The largest absolute Gasteiger partial charge is 0.356 e. The van der Waals surface area contributed by atoms with Gasteiger partial charge in [0.05, 0.1) is 6.20 Å². The van der Waals surface area contributed by atoms with Crippen molar-refractivity contribution >= 4 is 5.82 Å². The molecule has 0 aromatic carbocycles. The summed E-state index contributed by atoms with van der Waals surface area (Å²) in [7, 11) is 0. The van der Waals surface area contributed by atoms with E-state index in [9.17, 15) is 0 Å². The lowest BCUT2D eigenvalue weighted by atomic mass is 10.00. The Labute approximate surface area is 107 Å². The Morgan fingerprint density at radius 3 is 2.78 bits per heavy atom. The summed E-state index contributed by atoms with van der Waals surface area (Å²) >= 11 is 0. The molecule has 1 aliphatic rings. The van der Waals surface area contributed by atoms with Gasteiger partial charge in [-0.25, -0.2) is 4.98 Å². The zero-order valence-electron chi connectivity index (χ0n) is 10.9. The third kappa shape index (κ3) is 2.23. The van der Waals surface area contributed by atoms with Crippen LogP contribution in [0.1, 0.15) is 11.1 Å². The quantitative estimate of drug-likeness (QED) is 0.826. The fourth-order valence-electron chi connectivity index (χ4n) is 2.40. The summed E-state index contributed by atoms with van der Waals surface area (Å²) < 4.78 is 2.04. The molecule has 1 saturated heterocycles. The van der Waals surface area contributed by atoms with Crippen molar-refractivity contribution in [3.8, 4) is 0 Å². The molecule has 3 rings (SSSR count). The first-order chi connectivity index (χ1) is 8.70. The molecule has 1 fully saturated rings. The lowest BCUT2D eigenvalue weighted by Crippen LogP contribution is -2.49. The van der Waals surface area contributed by atoms with Crippen LogP contribution in [-0.4, -0.2) is 27.9 Å². The molecule has 4 heteroatoms. The van der Waals surface area contributed by atoms with Crippen molar-refractivity contribution in [2.45, 2.75) is 20.4 Å². The summed E-state index contributed by atoms with van der Waals surface area (Å²) in [4.78, 5) is 6.74. The molecule has 2 aromatic heterocycles. The fourth-order valence-corrected chi connectivity index (χ4v) is 2.40. The molecule has 4 nitrogen and oxygen atoms in total. The molecule has 0 spiro atoms. The summed E-state index contributed by atoms with van der Waals surface area (Å²) in [5.74, 6) is 1.79. The lowest BCUT2D eigenvalue weighted by molar-refractivity contribution is 0.340. The molecule has 0 amide bonds. The zero-order chi connectivity index (χ0) is 12.5. The molecule has 1 aliphatic heterocycles. The van der Waals surface area contributed by atoms with Crippen molar-refractivity contribution in [2.75, 3.05) is 18.0 Å². The summed E-state index contributed by atoms with van der Waals surface area (Å²) in [6.07, 6.45) is 5.90. The molecule has 0 bridgehead atoms.